The van der Waals surface area contributed by atoms with E-state index in [0.29, 0.717) is 17.7 Å². The molecule has 8 rings (SSSR count). The van der Waals surface area contributed by atoms with Crippen LogP contribution in [-0.4, -0.2) is 80.3 Å². The van der Waals surface area contributed by atoms with E-state index in [1.165, 1.54) is 6.92 Å². The second-order valence-corrected chi connectivity index (χ2v) is 13.9. The van der Waals surface area contributed by atoms with Gasteiger partial charge in [0.05, 0.1) is 40.8 Å². The van der Waals surface area contributed by atoms with Crippen molar-refractivity contribution in [1.82, 2.24) is 19.1 Å². The van der Waals surface area contributed by atoms with Gasteiger partial charge in [0.25, 0.3) is 0 Å². The molecule has 1 unspecified atom stereocenters. The molecule has 12 heteroatoms. The van der Waals surface area contributed by atoms with Crippen molar-refractivity contribution in [2.45, 2.75) is 70.9 Å². The fourth-order valence-corrected chi connectivity index (χ4v) is 7.52. The van der Waals surface area contributed by atoms with E-state index < -0.39 is 42.8 Å². The number of para-hydroxylation sites is 2. The van der Waals surface area contributed by atoms with Crippen LogP contribution in [0.3, 0.4) is 0 Å². The molecule has 0 bridgehead atoms. The van der Waals surface area contributed by atoms with Gasteiger partial charge in [-0.1, -0.05) is 61.5 Å². The SMILES string of the molecule is CCCc1nc2c(C)cc(-c3nc4ccccc4n3C)cc2n1Cc1ccc(-c2ccccc2C(=O)OC(C)OC(=O)O[C@@H]2CO[C@H]3[C@@H]2OC[C@H]3O)cc1. The standard InChI is InChI=1S/C42H42N4O8/c1-5-10-36-44-37-24(2)19-28(40-43-31-13-8-9-14-32(31)45(40)4)20-33(37)46(36)21-26-15-17-27(18-16-26)29-11-6-7-12-30(29)41(48)52-25(3)53-42(49)54-35-23-51-38-34(47)22-50-39(35)38/h6-9,11-20,25,34-35,38-39,47H,5,10,21-23H2,1-4H3/t25?,34-,35-,38-,39-/m1/s1. The summed E-state index contributed by atoms with van der Waals surface area (Å²) in [6.07, 6.45) is -3.07. The molecular formula is C42H42N4O8. The van der Waals surface area contributed by atoms with Gasteiger partial charge in [0.1, 0.15) is 30.0 Å². The first-order valence-electron chi connectivity index (χ1n) is 18.3. The Kier molecular flexibility index (Phi) is 9.65. The van der Waals surface area contributed by atoms with E-state index in [1.807, 2.05) is 42.5 Å². The van der Waals surface area contributed by atoms with Crippen LogP contribution in [0.5, 0.6) is 0 Å². The van der Waals surface area contributed by atoms with E-state index in [4.69, 9.17) is 33.7 Å². The van der Waals surface area contributed by atoms with Gasteiger partial charge in [0.2, 0.25) is 6.29 Å². The van der Waals surface area contributed by atoms with Crippen molar-refractivity contribution in [2.24, 2.45) is 7.05 Å². The average molecular weight is 731 g/mol. The number of aliphatic hydroxyl groups excluding tert-OH is 1. The molecule has 54 heavy (non-hydrogen) atoms. The number of carbonyl (C=O) groups excluding carboxylic acids is 2. The lowest BCUT2D eigenvalue weighted by molar-refractivity contribution is -0.0987. The summed E-state index contributed by atoms with van der Waals surface area (Å²) in [6, 6.07) is 27.8. The number of aliphatic hydroxyl groups is 1. The number of imidazole rings is 2. The first-order chi connectivity index (χ1) is 26.2. The molecule has 278 valence electrons. The van der Waals surface area contributed by atoms with Crippen LogP contribution in [0.4, 0.5) is 4.79 Å². The highest BCUT2D eigenvalue weighted by molar-refractivity contribution is 5.97. The molecule has 2 saturated heterocycles. The summed E-state index contributed by atoms with van der Waals surface area (Å²) in [7, 11) is 2.05. The van der Waals surface area contributed by atoms with Gasteiger partial charge in [-0.15, -0.1) is 0 Å². The number of hydrogen-bond donors (Lipinski definition) is 1. The molecule has 2 aliphatic rings. The van der Waals surface area contributed by atoms with Gasteiger partial charge in [0.15, 0.2) is 6.10 Å². The zero-order chi connectivity index (χ0) is 37.5. The molecule has 0 radical (unpaired) electrons. The summed E-state index contributed by atoms with van der Waals surface area (Å²) in [4.78, 5) is 35.9. The highest BCUT2D eigenvalue weighted by atomic mass is 16.8. The second kappa shape index (κ2) is 14.7. The molecule has 0 amide bonds. The number of benzene rings is 4. The quantitative estimate of drug-likeness (QED) is 0.119. The summed E-state index contributed by atoms with van der Waals surface area (Å²) < 4.78 is 31.5. The Balaban J connectivity index is 0.989. The minimum Gasteiger partial charge on any atom is -0.426 e. The van der Waals surface area contributed by atoms with Crippen molar-refractivity contribution in [2.75, 3.05) is 13.2 Å². The molecule has 5 atom stereocenters. The average Bonchev–Trinajstić information content (AvgIpc) is 3.93. The highest BCUT2D eigenvalue weighted by Gasteiger charge is 2.49. The lowest BCUT2D eigenvalue weighted by Crippen LogP contribution is -2.35. The highest BCUT2D eigenvalue weighted by Crippen LogP contribution is 2.32. The molecular weight excluding hydrogens is 688 g/mol. The number of fused-ring (bicyclic) bond motifs is 3. The molecule has 0 spiro atoms. The Labute approximate surface area is 312 Å². The molecule has 12 nitrogen and oxygen atoms in total. The normalized spacial score (nSPS) is 19.9. The first-order valence-corrected chi connectivity index (χ1v) is 18.3. The van der Waals surface area contributed by atoms with Crippen LogP contribution in [0.2, 0.25) is 0 Å². The number of carbonyl (C=O) groups is 2. The van der Waals surface area contributed by atoms with E-state index in [0.717, 1.165) is 68.8 Å². The molecule has 6 aromatic rings. The van der Waals surface area contributed by atoms with Crippen LogP contribution in [0.25, 0.3) is 44.6 Å². The Morgan fingerprint density at radius 1 is 0.907 bits per heavy atom. The van der Waals surface area contributed by atoms with Crippen LogP contribution in [0.1, 0.15) is 47.6 Å². The number of aryl methyl sites for hydroxylation is 3. The van der Waals surface area contributed by atoms with Crippen LogP contribution in [-0.2, 0) is 43.7 Å². The lowest BCUT2D eigenvalue weighted by atomic mass is 9.98. The van der Waals surface area contributed by atoms with Crippen molar-refractivity contribution in [3.8, 4) is 22.5 Å². The van der Waals surface area contributed by atoms with E-state index in [-0.39, 0.29) is 13.2 Å². The van der Waals surface area contributed by atoms with Crippen LogP contribution in [0, 0.1) is 6.92 Å². The topological polar surface area (TPSA) is 136 Å². The lowest BCUT2D eigenvalue weighted by Gasteiger charge is -2.19. The largest absolute Gasteiger partial charge is 0.511 e. The summed E-state index contributed by atoms with van der Waals surface area (Å²) in [5.74, 6) is 1.29. The molecule has 4 heterocycles. The zero-order valence-corrected chi connectivity index (χ0v) is 30.6. The maximum Gasteiger partial charge on any atom is 0.511 e. The minimum absolute atomic E-state index is 0.0743. The Hall–Kier alpha value is -5.56. The second-order valence-electron chi connectivity index (χ2n) is 13.9. The van der Waals surface area contributed by atoms with E-state index in [9.17, 15) is 14.7 Å². The van der Waals surface area contributed by atoms with Gasteiger partial charge in [-0.25, -0.2) is 19.6 Å². The zero-order valence-electron chi connectivity index (χ0n) is 30.6. The molecule has 2 aromatic heterocycles. The Morgan fingerprint density at radius 3 is 2.46 bits per heavy atom. The van der Waals surface area contributed by atoms with Crippen molar-refractivity contribution in [3.05, 3.63) is 107 Å². The summed E-state index contributed by atoms with van der Waals surface area (Å²) in [5, 5.41) is 9.93. The first kappa shape index (κ1) is 35.5. The number of aromatic nitrogens is 4. The Morgan fingerprint density at radius 2 is 1.67 bits per heavy atom. The molecule has 2 aliphatic heterocycles. The number of nitrogens with zero attached hydrogens (tertiary/aromatic N) is 4. The van der Waals surface area contributed by atoms with E-state index in [2.05, 4.69) is 60.4 Å². The fourth-order valence-electron chi connectivity index (χ4n) is 7.52. The third kappa shape index (κ3) is 6.72. The van der Waals surface area contributed by atoms with Gasteiger partial charge >= 0.3 is 12.1 Å². The summed E-state index contributed by atoms with van der Waals surface area (Å²) >= 11 is 0. The van der Waals surface area contributed by atoms with Gasteiger partial charge < -0.3 is 37.9 Å². The molecule has 4 aromatic carbocycles. The molecule has 2 fully saturated rings. The minimum atomic E-state index is -1.23. The molecule has 1 N–H and O–H groups in total. The maximum atomic E-state index is 13.4. The maximum absolute atomic E-state index is 13.4. The number of esters is 1. The third-order valence-electron chi connectivity index (χ3n) is 10.2. The number of hydrogen-bond acceptors (Lipinski definition) is 10. The summed E-state index contributed by atoms with van der Waals surface area (Å²) in [6.45, 7) is 6.51. The smallest absolute Gasteiger partial charge is 0.426 e. The number of ether oxygens (including phenoxy) is 5. The van der Waals surface area contributed by atoms with Crippen molar-refractivity contribution in [1.29, 1.82) is 0 Å². The van der Waals surface area contributed by atoms with Crippen LogP contribution in [0.15, 0.2) is 84.9 Å². The van der Waals surface area contributed by atoms with Gasteiger partial charge in [-0.3, -0.25) is 0 Å². The van der Waals surface area contributed by atoms with Crippen molar-refractivity contribution in [3.63, 3.8) is 0 Å². The van der Waals surface area contributed by atoms with Gasteiger partial charge in [-0.05, 0) is 65.9 Å². The van der Waals surface area contributed by atoms with Crippen molar-refractivity contribution < 1.29 is 38.4 Å². The van der Waals surface area contributed by atoms with E-state index >= 15 is 0 Å². The summed E-state index contributed by atoms with van der Waals surface area (Å²) in [5.41, 5.74) is 9.14. The monoisotopic (exact) mass is 730 g/mol. The predicted octanol–water partition coefficient (Wildman–Crippen LogP) is 6.75. The molecule has 0 saturated carbocycles. The Bertz CT molecular complexity index is 2350. The predicted molar refractivity (Wildman–Crippen MR) is 201 cm³/mol. The third-order valence-corrected chi connectivity index (χ3v) is 10.2. The van der Waals surface area contributed by atoms with Gasteiger partial charge in [0, 0.05) is 32.5 Å². The van der Waals surface area contributed by atoms with Crippen LogP contribution >= 0.6 is 0 Å². The van der Waals surface area contributed by atoms with Crippen LogP contribution < -0.4 is 0 Å². The van der Waals surface area contributed by atoms with Crippen molar-refractivity contribution >= 4 is 34.2 Å². The number of rotatable bonds is 10. The fraction of sp³-hybridized carbons (Fsp3) is 0.333. The van der Waals surface area contributed by atoms with Gasteiger partial charge in [-0.2, -0.15) is 0 Å². The molecule has 0 aliphatic carbocycles. The van der Waals surface area contributed by atoms with E-state index in [1.54, 1.807) is 12.1 Å².